The highest BCUT2D eigenvalue weighted by atomic mass is 32.2. The third kappa shape index (κ3) is 5.14. The Morgan fingerprint density at radius 2 is 1.91 bits per heavy atom. The molecule has 3 heterocycles. The molecule has 178 valence electrons. The van der Waals surface area contributed by atoms with Gasteiger partial charge >= 0.3 is 0 Å². The molecule has 1 aliphatic rings. The van der Waals surface area contributed by atoms with Crippen LogP contribution in [0, 0.1) is 5.92 Å². The van der Waals surface area contributed by atoms with Gasteiger partial charge in [0.1, 0.15) is 4.21 Å². The number of carbonyl (C=O) groups is 1. The molecule has 1 aliphatic heterocycles. The van der Waals surface area contributed by atoms with E-state index in [1.807, 2.05) is 25.1 Å². The van der Waals surface area contributed by atoms with Crippen molar-refractivity contribution >= 4 is 54.0 Å². The molecular weight excluding hydrogens is 476 g/mol. The molecule has 10 heteroatoms. The number of hydrogen-bond acceptors (Lipinski definition) is 7. The fourth-order valence-corrected chi connectivity index (χ4v) is 7.76. The molecule has 0 aliphatic carbocycles. The van der Waals surface area contributed by atoms with E-state index in [0.717, 1.165) is 28.3 Å². The van der Waals surface area contributed by atoms with E-state index in [-0.39, 0.29) is 11.8 Å². The first-order valence-electron chi connectivity index (χ1n) is 11.2. The maximum Gasteiger partial charge on any atom is 0.252 e. The van der Waals surface area contributed by atoms with Crippen LogP contribution in [0.5, 0.6) is 0 Å². The first kappa shape index (κ1) is 24.3. The minimum Gasteiger partial charge on any atom is -0.308 e. The number of rotatable bonds is 8. The molecular formula is C23H30N4O3S3. The molecule has 0 N–H and O–H groups in total. The lowest BCUT2D eigenvalue weighted by Crippen LogP contribution is -2.45. The average molecular weight is 507 g/mol. The van der Waals surface area contributed by atoms with Crippen LogP contribution in [0.15, 0.2) is 39.9 Å². The summed E-state index contributed by atoms with van der Waals surface area (Å²) < 4.78 is 28.7. The van der Waals surface area contributed by atoms with Gasteiger partial charge in [0.05, 0.1) is 10.2 Å². The number of anilines is 1. The lowest BCUT2D eigenvalue weighted by molar-refractivity contribution is -0.123. The van der Waals surface area contributed by atoms with E-state index in [1.165, 1.54) is 21.2 Å². The average Bonchev–Trinajstić information content (AvgIpc) is 3.49. The first-order valence-corrected chi connectivity index (χ1v) is 14.3. The van der Waals surface area contributed by atoms with Crippen LogP contribution in [0.2, 0.25) is 0 Å². The number of para-hydroxylation sites is 1. The van der Waals surface area contributed by atoms with Crippen molar-refractivity contribution in [2.45, 2.75) is 30.4 Å². The quantitative estimate of drug-likeness (QED) is 0.463. The van der Waals surface area contributed by atoms with E-state index in [9.17, 15) is 13.2 Å². The van der Waals surface area contributed by atoms with Crippen molar-refractivity contribution in [1.29, 1.82) is 0 Å². The summed E-state index contributed by atoms with van der Waals surface area (Å²) in [5.74, 6) is -0.165. The van der Waals surface area contributed by atoms with Crippen molar-refractivity contribution in [1.82, 2.24) is 14.2 Å². The van der Waals surface area contributed by atoms with Crippen LogP contribution in [0.1, 0.15) is 25.3 Å². The van der Waals surface area contributed by atoms with Crippen molar-refractivity contribution in [3.05, 3.63) is 41.3 Å². The van der Waals surface area contributed by atoms with Crippen LogP contribution >= 0.6 is 22.7 Å². The Bertz CT molecular complexity index is 1200. The normalized spacial score (nSPS) is 16.0. The molecule has 1 amide bonds. The standard InChI is InChI=1S/C23H30N4O3S3/c1-4-17-7-5-8-19-21(17)24-23(32-19)27(15-14-25(2)3)22(28)18-10-12-26(13-11-18)33(29,30)20-9-6-16-31-20/h5-9,16,18H,4,10-15H2,1-3H3. The van der Waals surface area contributed by atoms with E-state index in [4.69, 9.17) is 4.98 Å². The Kier molecular flexibility index (Phi) is 7.49. The minimum atomic E-state index is -3.48. The summed E-state index contributed by atoms with van der Waals surface area (Å²) in [4.78, 5) is 22.4. The van der Waals surface area contributed by atoms with Crippen LogP contribution in [-0.2, 0) is 21.2 Å². The minimum absolute atomic E-state index is 0.0436. The van der Waals surface area contributed by atoms with E-state index in [0.29, 0.717) is 36.7 Å². The topological polar surface area (TPSA) is 73.8 Å². The number of likely N-dealkylation sites (N-methyl/N-ethyl adjacent to an activating group) is 1. The molecule has 1 fully saturated rings. The van der Waals surface area contributed by atoms with E-state index >= 15 is 0 Å². The fourth-order valence-electron chi connectivity index (χ4n) is 4.10. The van der Waals surface area contributed by atoms with Gasteiger partial charge in [-0.15, -0.1) is 11.3 Å². The van der Waals surface area contributed by atoms with Crippen LogP contribution in [0.25, 0.3) is 10.2 Å². The van der Waals surface area contributed by atoms with Crippen molar-refractivity contribution < 1.29 is 13.2 Å². The van der Waals surface area contributed by atoms with Gasteiger partial charge in [0.15, 0.2) is 5.13 Å². The molecule has 3 aromatic rings. The smallest absolute Gasteiger partial charge is 0.252 e. The number of benzene rings is 1. The third-order valence-corrected chi connectivity index (χ3v) is 10.3. The summed E-state index contributed by atoms with van der Waals surface area (Å²) in [7, 11) is 0.504. The molecule has 1 saturated heterocycles. The molecule has 7 nitrogen and oxygen atoms in total. The molecule has 0 spiro atoms. The number of aryl methyl sites for hydroxylation is 1. The van der Waals surface area contributed by atoms with E-state index in [2.05, 4.69) is 24.0 Å². The van der Waals surface area contributed by atoms with Gasteiger partial charge in [-0.1, -0.05) is 36.5 Å². The predicted octanol–water partition coefficient (Wildman–Crippen LogP) is 3.92. The van der Waals surface area contributed by atoms with Gasteiger partial charge in [0.25, 0.3) is 10.0 Å². The summed E-state index contributed by atoms with van der Waals surface area (Å²) in [6.45, 7) is 4.12. The van der Waals surface area contributed by atoms with Gasteiger partial charge in [-0.25, -0.2) is 13.4 Å². The summed E-state index contributed by atoms with van der Waals surface area (Å²) >= 11 is 2.78. The molecule has 0 radical (unpaired) electrons. The highest BCUT2D eigenvalue weighted by molar-refractivity contribution is 7.91. The number of sulfonamides is 1. The molecule has 0 atom stereocenters. The molecule has 33 heavy (non-hydrogen) atoms. The van der Waals surface area contributed by atoms with Gasteiger partial charge in [-0.2, -0.15) is 4.31 Å². The zero-order valence-corrected chi connectivity index (χ0v) is 21.7. The number of amides is 1. The van der Waals surface area contributed by atoms with Crippen molar-refractivity contribution in [2.24, 2.45) is 5.92 Å². The highest BCUT2D eigenvalue weighted by Gasteiger charge is 2.35. The number of thiazole rings is 1. The number of fused-ring (bicyclic) bond motifs is 1. The second-order valence-corrected chi connectivity index (χ2v) is 12.6. The number of hydrogen-bond donors (Lipinski definition) is 0. The summed E-state index contributed by atoms with van der Waals surface area (Å²) in [6.07, 6.45) is 1.93. The number of aromatic nitrogens is 1. The van der Waals surface area contributed by atoms with Crippen molar-refractivity contribution in [3.8, 4) is 0 Å². The lowest BCUT2D eigenvalue weighted by Gasteiger charge is -2.33. The second kappa shape index (κ2) is 10.2. The van der Waals surface area contributed by atoms with Crippen LogP contribution in [-0.4, -0.2) is 68.8 Å². The highest BCUT2D eigenvalue weighted by Crippen LogP contribution is 2.33. The third-order valence-electron chi connectivity index (χ3n) is 6.03. The van der Waals surface area contributed by atoms with Gasteiger partial charge < -0.3 is 4.90 Å². The molecule has 0 saturated carbocycles. The number of nitrogens with zero attached hydrogens (tertiary/aromatic N) is 4. The zero-order valence-electron chi connectivity index (χ0n) is 19.2. The van der Waals surface area contributed by atoms with E-state index in [1.54, 1.807) is 28.8 Å². The molecule has 0 unspecified atom stereocenters. The second-order valence-electron chi connectivity index (χ2n) is 8.52. The van der Waals surface area contributed by atoms with Gasteiger partial charge in [-0.05, 0) is 56.4 Å². The van der Waals surface area contributed by atoms with Gasteiger partial charge in [0, 0.05) is 32.1 Å². The Morgan fingerprint density at radius 3 is 2.55 bits per heavy atom. The van der Waals surface area contributed by atoms with Crippen LogP contribution in [0.3, 0.4) is 0 Å². The number of carbonyl (C=O) groups excluding carboxylic acids is 1. The maximum absolute atomic E-state index is 13.6. The van der Waals surface area contributed by atoms with Crippen molar-refractivity contribution in [3.63, 3.8) is 0 Å². The lowest BCUT2D eigenvalue weighted by atomic mass is 9.96. The first-order chi connectivity index (χ1) is 15.8. The summed E-state index contributed by atoms with van der Waals surface area (Å²) in [6, 6.07) is 9.56. The molecule has 2 aromatic heterocycles. The van der Waals surface area contributed by atoms with Crippen molar-refractivity contribution in [2.75, 3.05) is 45.2 Å². The Balaban J connectivity index is 1.53. The Labute approximate surface area is 203 Å². The van der Waals surface area contributed by atoms with Crippen LogP contribution in [0.4, 0.5) is 5.13 Å². The number of piperidine rings is 1. The maximum atomic E-state index is 13.6. The van der Waals surface area contributed by atoms with Gasteiger partial charge in [0.2, 0.25) is 5.91 Å². The summed E-state index contributed by atoms with van der Waals surface area (Å²) in [5, 5.41) is 2.50. The number of thiophene rings is 1. The largest absolute Gasteiger partial charge is 0.308 e. The SMILES string of the molecule is CCc1cccc2sc(N(CCN(C)C)C(=O)C3CCN(S(=O)(=O)c4cccs4)CC3)nc12. The fraction of sp³-hybridized carbons (Fsp3) is 0.478. The summed E-state index contributed by atoms with van der Waals surface area (Å²) in [5.41, 5.74) is 2.15. The van der Waals surface area contributed by atoms with Crippen LogP contribution < -0.4 is 4.90 Å². The predicted molar refractivity (Wildman–Crippen MR) is 136 cm³/mol. The Hall–Kier alpha value is -1.85. The van der Waals surface area contributed by atoms with Gasteiger partial charge in [-0.3, -0.25) is 9.69 Å². The molecule has 0 bridgehead atoms. The monoisotopic (exact) mass is 506 g/mol. The molecule has 1 aromatic carbocycles. The molecule has 4 rings (SSSR count). The Morgan fingerprint density at radius 1 is 1.15 bits per heavy atom. The zero-order chi connectivity index (χ0) is 23.6. The van der Waals surface area contributed by atoms with E-state index < -0.39 is 10.0 Å².